The van der Waals surface area contributed by atoms with Crippen molar-refractivity contribution < 1.29 is 9.47 Å². The first-order valence-electron chi connectivity index (χ1n) is 6.64. The van der Waals surface area contributed by atoms with Crippen molar-refractivity contribution >= 4 is 21.7 Å². The number of aryl methyl sites for hydroxylation is 1. The van der Waals surface area contributed by atoms with E-state index >= 15 is 0 Å². The third kappa shape index (κ3) is 2.60. The van der Waals surface area contributed by atoms with E-state index in [0.717, 1.165) is 26.9 Å². The molecular formula is C15H20BrN3O2. The Labute approximate surface area is 133 Å². The molecule has 114 valence electrons. The van der Waals surface area contributed by atoms with Gasteiger partial charge < -0.3 is 15.2 Å². The number of methoxy groups -OCH3 is 2. The number of benzene rings is 1. The zero-order valence-electron chi connectivity index (χ0n) is 12.9. The minimum Gasteiger partial charge on any atom is -0.493 e. The summed E-state index contributed by atoms with van der Waals surface area (Å²) in [6.45, 7) is 4.22. The molecule has 0 amide bonds. The molecule has 1 heterocycles. The Morgan fingerprint density at radius 1 is 1.29 bits per heavy atom. The normalized spacial score (nSPS) is 11.0. The summed E-state index contributed by atoms with van der Waals surface area (Å²) in [6, 6.07) is 1.90. The SMILES string of the molecule is COc1cc(Br)c(-c2cnn(C)c2N)c(C(C)C)c1OC. The van der Waals surface area contributed by atoms with E-state index in [0.29, 0.717) is 11.6 Å². The van der Waals surface area contributed by atoms with Crippen LogP contribution in [0.25, 0.3) is 11.1 Å². The van der Waals surface area contributed by atoms with E-state index in [2.05, 4.69) is 34.9 Å². The van der Waals surface area contributed by atoms with E-state index in [9.17, 15) is 0 Å². The molecule has 21 heavy (non-hydrogen) atoms. The average molecular weight is 354 g/mol. The summed E-state index contributed by atoms with van der Waals surface area (Å²) in [5, 5.41) is 4.23. The van der Waals surface area contributed by atoms with Crippen molar-refractivity contribution in [2.24, 2.45) is 7.05 Å². The van der Waals surface area contributed by atoms with Crippen LogP contribution in [0.2, 0.25) is 0 Å². The molecular weight excluding hydrogens is 334 g/mol. The fraction of sp³-hybridized carbons (Fsp3) is 0.400. The van der Waals surface area contributed by atoms with Gasteiger partial charge in [0.05, 0.1) is 20.4 Å². The Hall–Kier alpha value is -1.69. The molecule has 0 aliphatic heterocycles. The Bertz CT molecular complexity index is 665. The molecule has 0 aliphatic rings. The fourth-order valence-corrected chi connectivity index (χ4v) is 3.09. The van der Waals surface area contributed by atoms with Crippen LogP contribution in [-0.2, 0) is 7.05 Å². The topological polar surface area (TPSA) is 62.3 Å². The average Bonchev–Trinajstić information content (AvgIpc) is 2.77. The van der Waals surface area contributed by atoms with E-state index < -0.39 is 0 Å². The van der Waals surface area contributed by atoms with Crippen molar-refractivity contribution in [3.8, 4) is 22.6 Å². The van der Waals surface area contributed by atoms with Crippen molar-refractivity contribution in [2.75, 3.05) is 20.0 Å². The van der Waals surface area contributed by atoms with Crippen LogP contribution in [0, 0.1) is 0 Å². The van der Waals surface area contributed by atoms with E-state index in [1.54, 1.807) is 25.1 Å². The van der Waals surface area contributed by atoms with Gasteiger partial charge >= 0.3 is 0 Å². The van der Waals surface area contributed by atoms with Crippen molar-refractivity contribution in [3.63, 3.8) is 0 Å². The predicted molar refractivity (Wildman–Crippen MR) is 87.9 cm³/mol. The summed E-state index contributed by atoms with van der Waals surface area (Å²) in [6.07, 6.45) is 1.77. The molecule has 5 nitrogen and oxygen atoms in total. The van der Waals surface area contributed by atoms with Crippen LogP contribution < -0.4 is 15.2 Å². The number of nitrogens with two attached hydrogens (primary N) is 1. The lowest BCUT2D eigenvalue weighted by atomic mass is 9.92. The number of nitrogen functional groups attached to an aromatic ring is 1. The maximum atomic E-state index is 6.14. The highest BCUT2D eigenvalue weighted by atomic mass is 79.9. The summed E-state index contributed by atoms with van der Waals surface area (Å²) in [4.78, 5) is 0. The lowest BCUT2D eigenvalue weighted by Crippen LogP contribution is -2.03. The van der Waals surface area contributed by atoms with Gasteiger partial charge in [0.25, 0.3) is 0 Å². The van der Waals surface area contributed by atoms with E-state index in [4.69, 9.17) is 15.2 Å². The molecule has 2 N–H and O–H groups in total. The maximum absolute atomic E-state index is 6.14. The van der Waals surface area contributed by atoms with E-state index in [1.807, 2.05) is 13.1 Å². The van der Waals surface area contributed by atoms with Gasteiger partial charge in [0.15, 0.2) is 11.5 Å². The molecule has 2 aromatic rings. The summed E-state index contributed by atoms with van der Waals surface area (Å²) in [5.41, 5.74) is 9.06. The minimum absolute atomic E-state index is 0.237. The maximum Gasteiger partial charge on any atom is 0.164 e. The number of nitrogens with zero attached hydrogens (tertiary/aromatic N) is 2. The number of hydrogen-bond acceptors (Lipinski definition) is 4. The van der Waals surface area contributed by atoms with Crippen LogP contribution in [0.15, 0.2) is 16.7 Å². The predicted octanol–water partition coefficient (Wildman–Crippen LogP) is 3.57. The monoisotopic (exact) mass is 353 g/mol. The summed E-state index contributed by atoms with van der Waals surface area (Å²) in [5.74, 6) is 2.28. The molecule has 0 aliphatic carbocycles. The molecule has 6 heteroatoms. The van der Waals surface area contributed by atoms with Crippen LogP contribution in [0.4, 0.5) is 5.82 Å². The second-order valence-corrected chi connectivity index (χ2v) is 5.96. The molecule has 0 bridgehead atoms. The molecule has 0 radical (unpaired) electrons. The Morgan fingerprint density at radius 2 is 1.95 bits per heavy atom. The number of ether oxygens (including phenoxy) is 2. The first-order chi connectivity index (χ1) is 9.92. The third-order valence-corrected chi connectivity index (χ3v) is 4.12. The van der Waals surface area contributed by atoms with Crippen molar-refractivity contribution in [1.29, 1.82) is 0 Å². The zero-order valence-corrected chi connectivity index (χ0v) is 14.5. The van der Waals surface area contributed by atoms with Gasteiger partial charge in [-0.15, -0.1) is 0 Å². The first kappa shape index (κ1) is 15.7. The minimum atomic E-state index is 0.237. The highest BCUT2D eigenvalue weighted by molar-refractivity contribution is 9.10. The van der Waals surface area contributed by atoms with Gasteiger partial charge in [0.2, 0.25) is 0 Å². The van der Waals surface area contributed by atoms with Crippen molar-refractivity contribution in [1.82, 2.24) is 9.78 Å². The molecule has 0 unspecified atom stereocenters. The number of aromatic nitrogens is 2. The van der Waals surface area contributed by atoms with Crippen LogP contribution in [0.1, 0.15) is 25.3 Å². The standard InChI is InChI=1S/C15H20BrN3O2/c1-8(2)12-13(9-7-18-19(3)15(9)17)10(16)6-11(20-4)14(12)21-5/h6-8H,17H2,1-5H3. The zero-order chi connectivity index (χ0) is 15.7. The van der Waals surface area contributed by atoms with Crippen molar-refractivity contribution in [2.45, 2.75) is 19.8 Å². The number of anilines is 1. The Kier molecular flexibility index (Phi) is 4.46. The smallest absolute Gasteiger partial charge is 0.164 e. The molecule has 2 rings (SSSR count). The van der Waals surface area contributed by atoms with Gasteiger partial charge in [0, 0.05) is 28.2 Å². The van der Waals surface area contributed by atoms with Crippen LogP contribution in [0.5, 0.6) is 11.5 Å². The van der Waals surface area contributed by atoms with Crippen LogP contribution in [-0.4, -0.2) is 24.0 Å². The lowest BCUT2D eigenvalue weighted by Gasteiger charge is -2.21. The molecule has 0 spiro atoms. The van der Waals surface area contributed by atoms with Crippen molar-refractivity contribution in [3.05, 3.63) is 22.3 Å². The largest absolute Gasteiger partial charge is 0.493 e. The summed E-state index contributed by atoms with van der Waals surface area (Å²) >= 11 is 3.62. The molecule has 0 saturated heterocycles. The summed E-state index contributed by atoms with van der Waals surface area (Å²) < 4.78 is 13.6. The second-order valence-electron chi connectivity index (χ2n) is 5.10. The van der Waals surface area contributed by atoms with Gasteiger partial charge in [-0.2, -0.15) is 5.10 Å². The highest BCUT2D eigenvalue weighted by Crippen LogP contribution is 2.47. The molecule has 1 aromatic carbocycles. The van der Waals surface area contributed by atoms with Crippen LogP contribution in [0.3, 0.4) is 0 Å². The Morgan fingerprint density at radius 3 is 2.38 bits per heavy atom. The molecule has 0 fully saturated rings. The van der Waals surface area contributed by atoms with E-state index in [-0.39, 0.29) is 5.92 Å². The van der Waals surface area contributed by atoms with Crippen LogP contribution >= 0.6 is 15.9 Å². The van der Waals surface area contributed by atoms with Gasteiger partial charge in [-0.05, 0) is 27.9 Å². The van der Waals surface area contributed by atoms with Gasteiger partial charge in [-0.25, -0.2) is 0 Å². The Balaban J connectivity index is 2.85. The van der Waals surface area contributed by atoms with Gasteiger partial charge in [0.1, 0.15) is 5.82 Å². The summed E-state index contributed by atoms with van der Waals surface area (Å²) in [7, 11) is 5.10. The molecule has 0 saturated carbocycles. The molecule has 0 atom stereocenters. The highest BCUT2D eigenvalue weighted by Gasteiger charge is 2.24. The number of hydrogen-bond donors (Lipinski definition) is 1. The van der Waals surface area contributed by atoms with E-state index in [1.165, 1.54) is 0 Å². The first-order valence-corrected chi connectivity index (χ1v) is 7.43. The fourth-order valence-electron chi connectivity index (χ4n) is 2.45. The van der Waals surface area contributed by atoms with Gasteiger partial charge in [-0.3, -0.25) is 4.68 Å². The number of halogens is 1. The quantitative estimate of drug-likeness (QED) is 0.912. The third-order valence-electron chi connectivity index (χ3n) is 3.49. The second kappa shape index (κ2) is 5.97. The molecule has 1 aromatic heterocycles. The lowest BCUT2D eigenvalue weighted by molar-refractivity contribution is 0.350. The van der Waals surface area contributed by atoms with Gasteiger partial charge in [-0.1, -0.05) is 13.8 Å². The number of rotatable bonds is 4.